The summed E-state index contributed by atoms with van der Waals surface area (Å²) in [7, 11) is 1.94. The Hall–Kier alpha value is -2.34. The molecule has 2 aromatic rings. The first-order valence-electron chi connectivity index (χ1n) is 9.22. The molecular weight excluding hydrogens is 330 g/mol. The first kappa shape index (κ1) is 18.5. The number of rotatable bonds is 6. The second kappa shape index (κ2) is 8.36. The van der Waals surface area contributed by atoms with Gasteiger partial charge in [0.05, 0.1) is 12.2 Å². The number of hydrogen-bond donors (Lipinski definition) is 1. The molecule has 1 saturated heterocycles. The van der Waals surface area contributed by atoms with E-state index in [0.717, 1.165) is 43.4 Å². The Kier molecular flexibility index (Phi) is 5.93. The van der Waals surface area contributed by atoms with Gasteiger partial charge in [-0.1, -0.05) is 18.2 Å². The summed E-state index contributed by atoms with van der Waals surface area (Å²) in [5.41, 5.74) is 1.67. The van der Waals surface area contributed by atoms with Gasteiger partial charge in [-0.2, -0.15) is 0 Å². The highest BCUT2D eigenvalue weighted by atomic mass is 16.5. The molecule has 140 valence electrons. The van der Waals surface area contributed by atoms with E-state index in [0.29, 0.717) is 24.6 Å². The maximum atomic E-state index is 12.5. The van der Waals surface area contributed by atoms with E-state index in [1.54, 1.807) is 0 Å². The largest absolute Gasteiger partial charge is 0.462 e. The van der Waals surface area contributed by atoms with E-state index in [1.165, 1.54) is 6.92 Å². The summed E-state index contributed by atoms with van der Waals surface area (Å²) in [5.74, 6) is 0.182. The number of benzene rings is 1. The molecule has 0 radical (unpaired) electrons. The maximum absolute atomic E-state index is 12.5. The number of fused-ring (bicyclic) bond motifs is 1. The van der Waals surface area contributed by atoms with Crippen LogP contribution in [0.15, 0.2) is 30.5 Å². The lowest BCUT2D eigenvalue weighted by atomic mass is 9.98. The third-order valence-electron chi connectivity index (χ3n) is 5.08. The quantitative estimate of drug-likeness (QED) is 0.805. The number of nitrogens with one attached hydrogen (secondary N) is 1. The molecule has 3 rings (SSSR count). The minimum absolute atomic E-state index is 0.0141. The summed E-state index contributed by atoms with van der Waals surface area (Å²) in [6, 6.07) is 7.87. The zero-order valence-corrected chi connectivity index (χ0v) is 15.5. The topological polar surface area (TPSA) is 63.6 Å². The number of aryl methyl sites for hydroxylation is 1. The number of para-hydroxylation sites is 1. The summed E-state index contributed by atoms with van der Waals surface area (Å²) in [6.45, 7) is 5.54. The lowest BCUT2D eigenvalue weighted by Gasteiger charge is -2.31. The Morgan fingerprint density at radius 1 is 1.23 bits per heavy atom. The summed E-state index contributed by atoms with van der Waals surface area (Å²) in [4.78, 5) is 25.8. The first-order valence-corrected chi connectivity index (χ1v) is 9.22. The smallest absolute Gasteiger partial charge is 0.340 e. The van der Waals surface area contributed by atoms with Crippen LogP contribution < -0.4 is 5.32 Å². The number of hydrogen-bond acceptors (Lipinski definition) is 4. The van der Waals surface area contributed by atoms with Crippen LogP contribution in [0, 0.1) is 5.92 Å². The minimum atomic E-state index is -0.241. The van der Waals surface area contributed by atoms with Gasteiger partial charge in [0.1, 0.15) is 0 Å². The zero-order chi connectivity index (χ0) is 18.5. The van der Waals surface area contributed by atoms with Crippen molar-refractivity contribution in [2.45, 2.75) is 19.8 Å². The highest BCUT2D eigenvalue weighted by molar-refractivity contribution is 6.04. The van der Waals surface area contributed by atoms with Crippen LogP contribution in [0.2, 0.25) is 0 Å². The Morgan fingerprint density at radius 3 is 2.69 bits per heavy atom. The number of amides is 1. The molecule has 2 heterocycles. The minimum Gasteiger partial charge on any atom is -0.462 e. The Balaban J connectivity index is 1.46. The molecule has 6 heteroatoms. The highest BCUT2D eigenvalue weighted by Crippen LogP contribution is 2.22. The first-order chi connectivity index (χ1) is 12.5. The van der Waals surface area contributed by atoms with E-state index < -0.39 is 0 Å². The highest BCUT2D eigenvalue weighted by Gasteiger charge is 2.22. The number of aromatic nitrogens is 1. The fraction of sp³-hybridized carbons (Fsp3) is 0.500. The molecule has 26 heavy (non-hydrogen) atoms. The average molecular weight is 357 g/mol. The van der Waals surface area contributed by atoms with Gasteiger partial charge < -0.3 is 19.5 Å². The van der Waals surface area contributed by atoms with Crippen molar-refractivity contribution in [1.82, 2.24) is 14.8 Å². The summed E-state index contributed by atoms with van der Waals surface area (Å²) in [6.07, 6.45) is 3.88. The van der Waals surface area contributed by atoms with Crippen LogP contribution in [0.5, 0.6) is 0 Å². The SMILES string of the molecule is CC(=O)NCCN1CCC(COC(=O)c2cn(C)c3ccccc23)CC1. The van der Waals surface area contributed by atoms with Gasteiger partial charge in [0.25, 0.3) is 0 Å². The lowest BCUT2D eigenvalue weighted by molar-refractivity contribution is -0.119. The molecule has 6 nitrogen and oxygen atoms in total. The van der Waals surface area contributed by atoms with Crippen molar-refractivity contribution in [2.75, 3.05) is 32.8 Å². The van der Waals surface area contributed by atoms with Crippen LogP contribution in [-0.4, -0.2) is 54.1 Å². The van der Waals surface area contributed by atoms with E-state index in [2.05, 4.69) is 10.2 Å². The van der Waals surface area contributed by atoms with Crippen LogP contribution in [0.25, 0.3) is 10.9 Å². The van der Waals surface area contributed by atoms with E-state index >= 15 is 0 Å². The number of likely N-dealkylation sites (tertiary alicyclic amines) is 1. The molecule has 1 aromatic carbocycles. The number of nitrogens with zero attached hydrogens (tertiary/aromatic N) is 2. The predicted octanol–water partition coefficient (Wildman–Crippen LogP) is 2.18. The molecule has 1 amide bonds. The van der Waals surface area contributed by atoms with Crippen LogP contribution in [0.3, 0.4) is 0 Å². The van der Waals surface area contributed by atoms with Crippen molar-refractivity contribution in [3.8, 4) is 0 Å². The molecule has 1 fully saturated rings. The van der Waals surface area contributed by atoms with Crippen molar-refractivity contribution in [1.29, 1.82) is 0 Å². The van der Waals surface area contributed by atoms with Crippen molar-refractivity contribution in [3.63, 3.8) is 0 Å². The molecule has 0 saturated carbocycles. The van der Waals surface area contributed by atoms with Gasteiger partial charge in [0.15, 0.2) is 0 Å². The molecule has 0 bridgehead atoms. The molecule has 0 spiro atoms. The van der Waals surface area contributed by atoms with Crippen LogP contribution in [0.1, 0.15) is 30.1 Å². The summed E-state index contributed by atoms with van der Waals surface area (Å²) >= 11 is 0. The van der Waals surface area contributed by atoms with E-state index in [-0.39, 0.29) is 11.9 Å². The molecule has 1 aromatic heterocycles. The van der Waals surface area contributed by atoms with E-state index in [4.69, 9.17) is 4.74 Å². The van der Waals surface area contributed by atoms with Crippen LogP contribution in [0.4, 0.5) is 0 Å². The number of esters is 1. The number of carbonyl (C=O) groups excluding carboxylic acids is 2. The van der Waals surface area contributed by atoms with Crippen LogP contribution in [-0.2, 0) is 16.6 Å². The van der Waals surface area contributed by atoms with Gasteiger partial charge >= 0.3 is 5.97 Å². The number of carbonyl (C=O) groups is 2. The third-order valence-corrected chi connectivity index (χ3v) is 5.08. The normalized spacial score (nSPS) is 15.9. The number of ether oxygens (including phenoxy) is 1. The average Bonchev–Trinajstić information content (AvgIpc) is 2.98. The van der Waals surface area contributed by atoms with Gasteiger partial charge in [0.2, 0.25) is 5.91 Å². The lowest BCUT2D eigenvalue weighted by Crippen LogP contribution is -2.40. The molecule has 0 aliphatic carbocycles. The van der Waals surface area contributed by atoms with Gasteiger partial charge in [0, 0.05) is 44.2 Å². The molecule has 1 N–H and O–H groups in total. The molecule has 0 atom stereocenters. The summed E-state index contributed by atoms with van der Waals surface area (Å²) in [5, 5.41) is 3.76. The van der Waals surface area contributed by atoms with Gasteiger partial charge in [-0.15, -0.1) is 0 Å². The van der Waals surface area contributed by atoms with Crippen LogP contribution >= 0.6 is 0 Å². The second-order valence-corrected chi connectivity index (χ2v) is 7.04. The maximum Gasteiger partial charge on any atom is 0.340 e. The fourth-order valence-electron chi connectivity index (χ4n) is 3.54. The zero-order valence-electron chi connectivity index (χ0n) is 15.5. The van der Waals surface area contributed by atoms with Gasteiger partial charge in [-0.25, -0.2) is 4.79 Å². The predicted molar refractivity (Wildman–Crippen MR) is 101 cm³/mol. The van der Waals surface area contributed by atoms with Crippen molar-refractivity contribution < 1.29 is 14.3 Å². The Morgan fingerprint density at radius 2 is 1.96 bits per heavy atom. The molecule has 0 unspecified atom stereocenters. The molecular formula is C20H27N3O3. The van der Waals surface area contributed by atoms with Gasteiger partial charge in [-0.3, -0.25) is 4.79 Å². The third kappa shape index (κ3) is 4.43. The fourth-order valence-corrected chi connectivity index (χ4v) is 3.54. The Labute approximate surface area is 154 Å². The van der Waals surface area contributed by atoms with Crippen molar-refractivity contribution >= 4 is 22.8 Å². The van der Waals surface area contributed by atoms with Gasteiger partial charge in [-0.05, 0) is 37.9 Å². The summed E-state index contributed by atoms with van der Waals surface area (Å²) < 4.78 is 7.57. The standard InChI is InChI=1S/C20H27N3O3/c1-15(24)21-9-12-23-10-7-16(8-11-23)14-26-20(25)18-13-22(2)19-6-4-3-5-17(18)19/h3-6,13,16H,7-12,14H2,1-2H3,(H,21,24). The monoisotopic (exact) mass is 357 g/mol. The molecule has 1 aliphatic heterocycles. The van der Waals surface area contributed by atoms with Crippen molar-refractivity contribution in [2.24, 2.45) is 13.0 Å². The van der Waals surface area contributed by atoms with E-state index in [1.807, 2.05) is 42.1 Å². The Bertz CT molecular complexity index is 776. The second-order valence-electron chi connectivity index (χ2n) is 7.04. The van der Waals surface area contributed by atoms with E-state index in [9.17, 15) is 9.59 Å². The molecule has 1 aliphatic rings. The number of piperidine rings is 1. The van der Waals surface area contributed by atoms with Crippen molar-refractivity contribution in [3.05, 3.63) is 36.0 Å².